The average molecular weight is 276 g/mol. The zero-order valence-corrected chi connectivity index (χ0v) is 12.5. The van der Waals surface area contributed by atoms with E-state index in [1.54, 1.807) is 11.3 Å². The fourth-order valence-corrected chi connectivity index (χ4v) is 3.23. The van der Waals surface area contributed by atoms with Crippen LogP contribution in [-0.4, -0.2) is 20.8 Å². The van der Waals surface area contributed by atoms with Gasteiger partial charge in [-0.25, -0.2) is 4.98 Å². The number of rotatable bonds is 5. The van der Waals surface area contributed by atoms with Crippen LogP contribution in [0.1, 0.15) is 47.8 Å². The van der Waals surface area contributed by atoms with Gasteiger partial charge in [-0.05, 0) is 26.2 Å². The summed E-state index contributed by atoms with van der Waals surface area (Å²) in [6.45, 7) is 4.21. The molecule has 102 valence electrons. The Morgan fingerprint density at radius 1 is 1.53 bits per heavy atom. The molecule has 5 heteroatoms. The minimum atomic E-state index is 0.204. The molecule has 0 spiro atoms. The number of hydrogen-bond donors (Lipinski definition) is 1. The van der Waals surface area contributed by atoms with E-state index >= 15 is 0 Å². The third-order valence-electron chi connectivity index (χ3n) is 3.45. The fraction of sp³-hybridized carbons (Fsp3) is 0.571. The quantitative estimate of drug-likeness (QED) is 0.913. The Hall–Kier alpha value is -1.20. The molecule has 1 aliphatic carbocycles. The molecular formula is C14H20N4S. The van der Waals surface area contributed by atoms with Gasteiger partial charge in [0.2, 0.25) is 0 Å². The molecule has 4 nitrogen and oxygen atoms in total. The highest BCUT2D eigenvalue weighted by atomic mass is 32.1. The molecule has 3 rings (SSSR count). The molecule has 1 fully saturated rings. The van der Waals surface area contributed by atoms with Crippen molar-refractivity contribution in [2.45, 2.75) is 45.2 Å². The van der Waals surface area contributed by atoms with Crippen LogP contribution >= 0.6 is 11.3 Å². The van der Waals surface area contributed by atoms with Gasteiger partial charge in [-0.1, -0.05) is 6.92 Å². The van der Waals surface area contributed by atoms with E-state index in [0.717, 1.165) is 17.1 Å². The molecule has 2 aromatic heterocycles. The Labute approximate surface area is 117 Å². The van der Waals surface area contributed by atoms with Gasteiger partial charge >= 0.3 is 0 Å². The van der Waals surface area contributed by atoms with E-state index < -0.39 is 0 Å². The Kier molecular flexibility index (Phi) is 3.41. The second kappa shape index (κ2) is 5.06. The summed E-state index contributed by atoms with van der Waals surface area (Å²) >= 11 is 1.74. The summed E-state index contributed by atoms with van der Waals surface area (Å²) < 4.78 is 1.91. The smallest absolute Gasteiger partial charge is 0.115 e. The Morgan fingerprint density at radius 3 is 2.89 bits per heavy atom. The van der Waals surface area contributed by atoms with Gasteiger partial charge in [0.05, 0.1) is 11.7 Å². The van der Waals surface area contributed by atoms with Crippen LogP contribution in [0.25, 0.3) is 0 Å². The van der Waals surface area contributed by atoms with Gasteiger partial charge in [-0.3, -0.25) is 4.68 Å². The van der Waals surface area contributed by atoms with Crippen molar-refractivity contribution in [2.24, 2.45) is 7.05 Å². The third-order valence-corrected chi connectivity index (χ3v) is 4.47. The van der Waals surface area contributed by atoms with Crippen molar-refractivity contribution in [1.29, 1.82) is 0 Å². The highest BCUT2D eigenvalue weighted by Crippen LogP contribution is 2.31. The van der Waals surface area contributed by atoms with E-state index in [-0.39, 0.29) is 6.04 Å². The van der Waals surface area contributed by atoms with Crippen molar-refractivity contribution >= 4 is 11.3 Å². The molecule has 2 heterocycles. The highest BCUT2D eigenvalue weighted by Gasteiger charge is 2.29. The second-order valence-electron chi connectivity index (χ2n) is 5.26. The first-order valence-corrected chi connectivity index (χ1v) is 7.75. The lowest BCUT2D eigenvalue weighted by molar-refractivity contribution is 0.593. The number of thiazole rings is 1. The van der Waals surface area contributed by atoms with E-state index in [2.05, 4.69) is 40.8 Å². The minimum absolute atomic E-state index is 0.204. The van der Waals surface area contributed by atoms with Crippen molar-refractivity contribution in [3.63, 3.8) is 0 Å². The van der Waals surface area contributed by atoms with Gasteiger partial charge < -0.3 is 5.32 Å². The first-order chi connectivity index (χ1) is 9.17. The molecule has 1 aliphatic rings. The second-order valence-corrected chi connectivity index (χ2v) is 6.15. The van der Waals surface area contributed by atoms with Gasteiger partial charge in [0, 0.05) is 35.9 Å². The predicted molar refractivity (Wildman–Crippen MR) is 77.4 cm³/mol. The summed E-state index contributed by atoms with van der Waals surface area (Å²) in [6.07, 6.45) is 5.66. The van der Waals surface area contributed by atoms with Crippen LogP contribution < -0.4 is 5.32 Å². The van der Waals surface area contributed by atoms with Gasteiger partial charge in [0.15, 0.2) is 0 Å². The molecule has 0 aliphatic heterocycles. The van der Waals surface area contributed by atoms with E-state index in [0.29, 0.717) is 6.04 Å². The molecule has 1 atom stereocenters. The molecule has 1 N–H and O–H groups in total. The van der Waals surface area contributed by atoms with Gasteiger partial charge in [-0.15, -0.1) is 11.3 Å². The molecule has 19 heavy (non-hydrogen) atoms. The molecule has 0 aromatic carbocycles. The molecule has 2 aromatic rings. The van der Waals surface area contributed by atoms with E-state index in [1.807, 2.05) is 11.7 Å². The first-order valence-electron chi connectivity index (χ1n) is 6.88. The molecule has 1 unspecified atom stereocenters. The third kappa shape index (κ3) is 2.72. The standard InChI is InChI=1S/C14H20N4S/c1-4-12-11(7-18(3)17-12)13(16-10-5-6-10)14-15-9(2)8-19-14/h7-8,10,13,16H,4-6H2,1-3H3. The maximum Gasteiger partial charge on any atom is 0.115 e. The lowest BCUT2D eigenvalue weighted by atomic mass is 10.1. The van der Waals surface area contributed by atoms with Gasteiger partial charge in [-0.2, -0.15) is 5.10 Å². The van der Waals surface area contributed by atoms with Crippen LogP contribution in [0.3, 0.4) is 0 Å². The molecule has 0 radical (unpaired) electrons. The fourth-order valence-electron chi connectivity index (χ4n) is 2.35. The summed E-state index contributed by atoms with van der Waals surface area (Å²) in [6, 6.07) is 0.856. The predicted octanol–water partition coefficient (Wildman–Crippen LogP) is 2.59. The van der Waals surface area contributed by atoms with Crippen molar-refractivity contribution in [3.05, 3.63) is 33.5 Å². The van der Waals surface area contributed by atoms with E-state index in [4.69, 9.17) is 0 Å². The summed E-state index contributed by atoms with van der Waals surface area (Å²) in [7, 11) is 1.99. The Balaban J connectivity index is 1.97. The summed E-state index contributed by atoms with van der Waals surface area (Å²) in [4.78, 5) is 4.67. The number of nitrogens with one attached hydrogen (secondary N) is 1. The first kappa shape index (κ1) is 12.8. The number of aryl methyl sites for hydroxylation is 3. The number of aromatic nitrogens is 3. The monoisotopic (exact) mass is 276 g/mol. The lowest BCUT2D eigenvalue weighted by Gasteiger charge is -2.16. The molecule has 0 amide bonds. The molecule has 0 bridgehead atoms. The van der Waals surface area contributed by atoms with Crippen LogP contribution in [0.2, 0.25) is 0 Å². The topological polar surface area (TPSA) is 42.7 Å². The molecule has 1 saturated carbocycles. The maximum atomic E-state index is 4.67. The maximum absolute atomic E-state index is 4.67. The van der Waals surface area contributed by atoms with Gasteiger partial charge in [0.1, 0.15) is 5.01 Å². The van der Waals surface area contributed by atoms with Crippen LogP contribution in [0.15, 0.2) is 11.6 Å². The normalized spacial score (nSPS) is 16.8. The van der Waals surface area contributed by atoms with Crippen molar-refractivity contribution < 1.29 is 0 Å². The molecular weight excluding hydrogens is 256 g/mol. The lowest BCUT2D eigenvalue weighted by Crippen LogP contribution is -2.25. The zero-order valence-electron chi connectivity index (χ0n) is 11.7. The summed E-state index contributed by atoms with van der Waals surface area (Å²) in [5.41, 5.74) is 3.56. The highest BCUT2D eigenvalue weighted by molar-refractivity contribution is 7.09. The summed E-state index contributed by atoms with van der Waals surface area (Å²) in [5, 5.41) is 11.6. The van der Waals surface area contributed by atoms with Crippen LogP contribution in [0.4, 0.5) is 0 Å². The largest absolute Gasteiger partial charge is 0.301 e. The molecule has 0 saturated heterocycles. The van der Waals surface area contributed by atoms with Crippen molar-refractivity contribution in [3.8, 4) is 0 Å². The Bertz CT molecular complexity index is 568. The number of nitrogens with zero attached hydrogens (tertiary/aromatic N) is 3. The SMILES string of the molecule is CCc1nn(C)cc1C(NC1CC1)c1nc(C)cs1. The van der Waals surface area contributed by atoms with Crippen LogP contribution in [0, 0.1) is 6.92 Å². The number of hydrogen-bond acceptors (Lipinski definition) is 4. The van der Waals surface area contributed by atoms with Gasteiger partial charge in [0.25, 0.3) is 0 Å². The Morgan fingerprint density at radius 2 is 2.32 bits per heavy atom. The zero-order chi connectivity index (χ0) is 13.4. The van der Waals surface area contributed by atoms with E-state index in [9.17, 15) is 0 Å². The van der Waals surface area contributed by atoms with Crippen LogP contribution in [0.5, 0.6) is 0 Å². The van der Waals surface area contributed by atoms with E-state index in [1.165, 1.54) is 24.1 Å². The van der Waals surface area contributed by atoms with Crippen molar-refractivity contribution in [2.75, 3.05) is 0 Å². The minimum Gasteiger partial charge on any atom is -0.301 e. The average Bonchev–Trinajstić information content (AvgIpc) is 2.99. The van der Waals surface area contributed by atoms with Crippen molar-refractivity contribution in [1.82, 2.24) is 20.1 Å². The van der Waals surface area contributed by atoms with Crippen LogP contribution in [-0.2, 0) is 13.5 Å². The summed E-state index contributed by atoms with van der Waals surface area (Å²) in [5.74, 6) is 0.